The van der Waals surface area contributed by atoms with Crippen LogP contribution in [0, 0.1) is 0 Å². The van der Waals surface area contributed by atoms with Crippen molar-refractivity contribution in [3.8, 4) is 0 Å². The van der Waals surface area contributed by atoms with Crippen molar-refractivity contribution in [1.82, 2.24) is 14.9 Å². The van der Waals surface area contributed by atoms with Crippen molar-refractivity contribution in [2.24, 2.45) is 0 Å². The summed E-state index contributed by atoms with van der Waals surface area (Å²) in [5.41, 5.74) is 0.130. The third-order valence-corrected chi connectivity index (χ3v) is 6.52. The first-order valence-electron chi connectivity index (χ1n) is 8.19. The van der Waals surface area contributed by atoms with Gasteiger partial charge < -0.3 is 14.6 Å². The molecule has 1 amide bonds. The largest absolute Gasteiger partial charge is 0.456 e. The van der Waals surface area contributed by atoms with Crippen LogP contribution in [0.25, 0.3) is 10.9 Å². The Balaban J connectivity index is 1.50. The molecule has 9 heteroatoms. The van der Waals surface area contributed by atoms with Crippen LogP contribution < -0.4 is 5.56 Å². The van der Waals surface area contributed by atoms with Crippen LogP contribution in [0.15, 0.2) is 23.0 Å². The number of carbonyl (C=O) groups is 2. The van der Waals surface area contributed by atoms with Gasteiger partial charge in [0, 0.05) is 17.2 Å². The average Bonchev–Trinajstić information content (AvgIpc) is 3.10. The lowest BCUT2D eigenvalue weighted by Crippen LogP contribution is -2.46. The predicted octanol–water partition coefficient (Wildman–Crippen LogP) is 2.07. The Morgan fingerprint density at radius 1 is 1.50 bits per heavy atom. The third-order valence-electron chi connectivity index (χ3n) is 4.78. The number of amides is 1. The number of benzene rings is 1. The van der Waals surface area contributed by atoms with Crippen molar-refractivity contribution in [2.75, 3.05) is 5.75 Å². The molecular formula is C17H16ClN3O4S. The van der Waals surface area contributed by atoms with Crippen LogP contribution in [0.1, 0.15) is 25.6 Å². The quantitative estimate of drug-likeness (QED) is 0.802. The van der Waals surface area contributed by atoms with Gasteiger partial charge in [0.15, 0.2) is 0 Å². The van der Waals surface area contributed by atoms with Gasteiger partial charge in [-0.15, -0.1) is 11.8 Å². The van der Waals surface area contributed by atoms with E-state index in [4.69, 9.17) is 16.3 Å². The van der Waals surface area contributed by atoms with E-state index < -0.39 is 12.0 Å². The number of fused-ring (bicyclic) bond motifs is 2. The molecule has 4 rings (SSSR count). The number of halogens is 1. The number of nitrogens with one attached hydrogen (secondary N) is 1. The molecule has 2 fully saturated rings. The first kappa shape index (κ1) is 17.4. The number of rotatable bonds is 3. The van der Waals surface area contributed by atoms with Crippen LogP contribution in [0.3, 0.4) is 0 Å². The Labute approximate surface area is 158 Å². The SMILES string of the molecule is C[C@@]12CCC(=O)N1[C@@H](C(=O)OCc1nc3ccc(Cl)cc3c(=O)[nH]1)CS2. The zero-order chi connectivity index (χ0) is 18.5. The second-order valence-corrected chi connectivity index (χ2v) is 8.49. The second kappa shape index (κ2) is 6.28. The van der Waals surface area contributed by atoms with Gasteiger partial charge in [0.05, 0.1) is 15.8 Å². The summed E-state index contributed by atoms with van der Waals surface area (Å²) in [4.78, 5) is 44.9. The van der Waals surface area contributed by atoms with E-state index in [1.165, 1.54) is 6.07 Å². The zero-order valence-electron chi connectivity index (χ0n) is 14.0. The van der Waals surface area contributed by atoms with Crippen molar-refractivity contribution < 1.29 is 14.3 Å². The third kappa shape index (κ3) is 2.87. The van der Waals surface area contributed by atoms with Gasteiger partial charge in [0.1, 0.15) is 18.5 Å². The minimum atomic E-state index is -0.592. The first-order valence-corrected chi connectivity index (χ1v) is 9.55. The summed E-state index contributed by atoms with van der Waals surface area (Å²) < 4.78 is 5.34. The number of carbonyl (C=O) groups excluding carboxylic acids is 2. The predicted molar refractivity (Wildman–Crippen MR) is 97.9 cm³/mol. The molecule has 136 valence electrons. The molecule has 0 aliphatic carbocycles. The van der Waals surface area contributed by atoms with Gasteiger partial charge in [0.2, 0.25) is 5.91 Å². The molecular weight excluding hydrogens is 378 g/mol. The Morgan fingerprint density at radius 2 is 2.31 bits per heavy atom. The van der Waals surface area contributed by atoms with E-state index in [0.29, 0.717) is 28.1 Å². The van der Waals surface area contributed by atoms with Gasteiger partial charge in [0.25, 0.3) is 5.56 Å². The summed E-state index contributed by atoms with van der Waals surface area (Å²) in [7, 11) is 0. The van der Waals surface area contributed by atoms with E-state index in [2.05, 4.69) is 9.97 Å². The summed E-state index contributed by atoms with van der Waals surface area (Å²) >= 11 is 7.49. The average molecular weight is 394 g/mol. The van der Waals surface area contributed by atoms with E-state index in [9.17, 15) is 14.4 Å². The van der Waals surface area contributed by atoms with Gasteiger partial charge in [-0.25, -0.2) is 9.78 Å². The number of hydrogen-bond donors (Lipinski definition) is 1. The molecule has 3 heterocycles. The van der Waals surface area contributed by atoms with E-state index in [1.54, 1.807) is 28.8 Å². The van der Waals surface area contributed by atoms with Gasteiger partial charge in [-0.1, -0.05) is 11.6 Å². The number of ether oxygens (including phenoxy) is 1. The van der Waals surface area contributed by atoms with Crippen LogP contribution in [0.4, 0.5) is 0 Å². The summed E-state index contributed by atoms with van der Waals surface area (Å²) in [6.45, 7) is 1.82. The number of H-pyrrole nitrogens is 1. The van der Waals surface area contributed by atoms with Crippen molar-refractivity contribution in [2.45, 2.75) is 37.3 Å². The van der Waals surface area contributed by atoms with E-state index in [1.807, 2.05) is 6.92 Å². The maximum Gasteiger partial charge on any atom is 0.330 e. The first-order chi connectivity index (χ1) is 12.4. The summed E-state index contributed by atoms with van der Waals surface area (Å²) in [5.74, 6) is 0.268. The molecule has 1 aromatic heterocycles. The smallest absolute Gasteiger partial charge is 0.330 e. The summed E-state index contributed by atoms with van der Waals surface area (Å²) in [6, 6.07) is 4.22. The molecule has 26 heavy (non-hydrogen) atoms. The number of aromatic amines is 1. The molecule has 0 unspecified atom stereocenters. The number of nitrogens with zero attached hydrogens (tertiary/aromatic N) is 2. The molecule has 0 bridgehead atoms. The zero-order valence-corrected chi connectivity index (χ0v) is 15.5. The number of hydrogen-bond acceptors (Lipinski definition) is 6. The summed E-state index contributed by atoms with van der Waals surface area (Å²) in [6.07, 6.45) is 1.19. The monoisotopic (exact) mass is 393 g/mol. The lowest BCUT2D eigenvalue weighted by Gasteiger charge is -2.29. The minimum absolute atomic E-state index is 0.0198. The van der Waals surface area contributed by atoms with Crippen LogP contribution in [0.2, 0.25) is 5.02 Å². The molecule has 2 aliphatic rings. The highest BCUT2D eigenvalue weighted by Crippen LogP contribution is 2.47. The van der Waals surface area contributed by atoms with E-state index >= 15 is 0 Å². The molecule has 7 nitrogen and oxygen atoms in total. The molecule has 2 atom stereocenters. The lowest BCUT2D eigenvalue weighted by atomic mass is 10.2. The Morgan fingerprint density at radius 3 is 3.12 bits per heavy atom. The van der Waals surface area contributed by atoms with Gasteiger partial charge in [-0.3, -0.25) is 9.59 Å². The second-order valence-electron chi connectivity index (χ2n) is 6.55. The topological polar surface area (TPSA) is 92.4 Å². The highest BCUT2D eigenvalue weighted by atomic mass is 35.5. The maximum absolute atomic E-state index is 12.5. The molecule has 2 aromatic rings. The number of aromatic nitrogens is 2. The Kier molecular flexibility index (Phi) is 4.19. The van der Waals surface area contributed by atoms with Crippen LogP contribution in [-0.4, -0.2) is 43.4 Å². The molecule has 2 aliphatic heterocycles. The van der Waals surface area contributed by atoms with Crippen molar-refractivity contribution in [3.05, 3.63) is 39.4 Å². The normalized spacial score (nSPS) is 24.9. The van der Waals surface area contributed by atoms with E-state index in [0.717, 1.165) is 6.42 Å². The highest BCUT2D eigenvalue weighted by molar-refractivity contribution is 8.01. The fourth-order valence-corrected chi connectivity index (χ4v) is 5.05. The highest BCUT2D eigenvalue weighted by Gasteiger charge is 2.53. The lowest BCUT2D eigenvalue weighted by molar-refractivity contribution is -0.154. The molecule has 0 radical (unpaired) electrons. The van der Waals surface area contributed by atoms with Crippen LogP contribution >= 0.6 is 23.4 Å². The van der Waals surface area contributed by atoms with E-state index in [-0.39, 0.29) is 28.8 Å². The van der Waals surface area contributed by atoms with Crippen molar-refractivity contribution in [3.63, 3.8) is 0 Å². The maximum atomic E-state index is 12.5. The van der Waals surface area contributed by atoms with Gasteiger partial charge in [-0.2, -0.15) is 0 Å². The standard InChI is InChI=1S/C17H16ClN3O4S/c1-17-5-4-14(22)21(17)12(8-26-17)16(24)25-7-13-19-11-3-2-9(18)6-10(11)15(23)20-13/h2-3,6,12H,4-5,7-8H2,1H3,(H,19,20,23)/t12-,17-/m1/s1. The molecule has 1 aromatic carbocycles. The fraction of sp³-hybridized carbons (Fsp3) is 0.412. The van der Waals surface area contributed by atoms with Crippen LogP contribution in [0.5, 0.6) is 0 Å². The van der Waals surface area contributed by atoms with Gasteiger partial charge in [-0.05, 0) is 31.5 Å². The Bertz CT molecular complexity index is 978. The van der Waals surface area contributed by atoms with Crippen LogP contribution in [-0.2, 0) is 20.9 Å². The van der Waals surface area contributed by atoms with Crippen molar-refractivity contribution in [1.29, 1.82) is 0 Å². The minimum Gasteiger partial charge on any atom is -0.456 e. The number of esters is 1. The molecule has 1 N–H and O–H groups in total. The summed E-state index contributed by atoms with van der Waals surface area (Å²) in [5, 5.41) is 0.819. The van der Waals surface area contributed by atoms with Gasteiger partial charge >= 0.3 is 5.97 Å². The Hall–Kier alpha value is -2.06. The number of thioether (sulfide) groups is 1. The molecule has 0 saturated carbocycles. The molecule has 0 spiro atoms. The molecule has 2 saturated heterocycles. The van der Waals surface area contributed by atoms with Crippen molar-refractivity contribution >= 4 is 46.1 Å². The fourth-order valence-electron chi connectivity index (χ4n) is 3.46.